The molecule has 5 heteroatoms. The fourth-order valence-electron chi connectivity index (χ4n) is 0.309. The summed E-state index contributed by atoms with van der Waals surface area (Å²) in [5, 5.41) is 11.5. The lowest BCUT2D eigenvalue weighted by Gasteiger charge is -2.01. The third kappa shape index (κ3) is 4.30. The third-order valence-electron chi connectivity index (χ3n) is 0.818. The van der Waals surface area contributed by atoms with Crippen LogP contribution >= 0.6 is 0 Å². The molecule has 0 aromatic heterocycles. The number of alkyl halides is 3. The summed E-state index contributed by atoms with van der Waals surface area (Å²) in [5.74, 6) is 0. The Kier molecular flexibility index (Phi) is 2.98. The smallest absolute Gasteiger partial charge is 0.296 e. The van der Waals surface area contributed by atoms with Crippen LogP contribution in [0.3, 0.4) is 0 Å². The number of hydrogen-bond donors (Lipinski definition) is 2. The molecule has 0 aromatic carbocycles. The Balaban J connectivity index is 4.20. The van der Waals surface area contributed by atoms with E-state index in [4.69, 9.17) is 10.8 Å². The van der Waals surface area contributed by atoms with E-state index in [-0.39, 0.29) is 5.71 Å². The van der Waals surface area contributed by atoms with Gasteiger partial charge >= 0.3 is 6.18 Å². The number of nitrogens with one attached hydrogen (secondary N) is 1. The highest BCUT2D eigenvalue weighted by atomic mass is 19.4. The van der Waals surface area contributed by atoms with Crippen molar-refractivity contribution < 1.29 is 18.6 Å². The third-order valence-corrected chi connectivity index (χ3v) is 0.818. The maximum atomic E-state index is 11.6. The van der Waals surface area contributed by atoms with Crippen molar-refractivity contribution in [3.05, 3.63) is 12.2 Å². The minimum atomic E-state index is -4.58. The Hall–Kier alpha value is -1.13. The van der Waals surface area contributed by atoms with Gasteiger partial charge < -0.3 is 0 Å². The second-order valence-electron chi connectivity index (χ2n) is 1.99. The van der Waals surface area contributed by atoms with Gasteiger partial charge in [0, 0.05) is 13.0 Å². The molecule has 11 heavy (non-hydrogen) atoms. The standard InChI is InChI=1S/C6H7F3N2/c1-4(10)2-3-5(11)6(7,8)9/h2-3,10-11H,1H3/p+1/b3-2-,10-4?,11-5?. The molecule has 3 N–H and O–H groups in total. The molecule has 0 aromatic rings. The van der Waals surface area contributed by atoms with Crippen molar-refractivity contribution in [3.8, 4) is 0 Å². The van der Waals surface area contributed by atoms with E-state index < -0.39 is 11.9 Å². The molecular formula is C6H8F3N2+. The van der Waals surface area contributed by atoms with Gasteiger partial charge in [-0.3, -0.25) is 10.8 Å². The van der Waals surface area contributed by atoms with E-state index in [1.54, 1.807) is 0 Å². The Morgan fingerprint density at radius 1 is 1.36 bits per heavy atom. The summed E-state index contributed by atoms with van der Waals surface area (Å²) in [5.41, 5.74) is -1.17. The van der Waals surface area contributed by atoms with Crippen molar-refractivity contribution in [3.63, 3.8) is 0 Å². The van der Waals surface area contributed by atoms with Crippen LogP contribution in [0.4, 0.5) is 13.2 Å². The number of rotatable bonds is 2. The highest BCUT2D eigenvalue weighted by molar-refractivity contribution is 6.01. The molecule has 0 radical (unpaired) electrons. The summed E-state index contributed by atoms with van der Waals surface area (Å²) in [6.07, 6.45) is -2.92. The first-order valence-corrected chi connectivity index (χ1v) is 2.77. The monoisotopic (exact) mass is 165 g/mol. The normalized spacial score (nSPS) is 12.0. The van der Waals surface area contributed by atoms with Gasteiger partial charge in [0.05, 0.1) is 0 Å². The Morgan fingerprint density at radius 2 is 1.82 bits per heavy atom. The summed E-state index contributed by atoms with van der Waals surface area (Å²) in [6.45, 7) is 1.44. The van der Waals surface area contributed by atoms with Gasteiger partial charge in [-0.25, -0.2) is 0 Å². The zero-order valence-electron chi connectivity index (χ0n) is 5.87. The minimum Gasteiger partial charge on any atom is -0.296 e. The fourth-order valence-corrected chi connectivity index (χ4v) is 0.309. The molecule has 0 saturated heterocycles. The van der Waals surface area contributed by atoms with Crippen molar-refractivity contribution in [1.29, 1.82) is 5.41 Å². The molecule has 0 unspecified atom stereocenters. The molecule has 62 valence electrons. The Labute approximate surface area is 61.7 Å². The topological polar surface area (TPSA) is 49.4 Å². The van der Waals surface area contributed by atoms with E-state index in [0.717, 1.165) is 6.08 Å². The number of hydrogen-bond acceptors (Lipinski definition) is 1. The summed E-state index contributed by atoms with van der Waals surface area (Å²) in [7, 11) is 0. The maximum absolute atomic E-state index is 11.6. The van der Waals surface area contributed by atoms with Crippen LogP contribution in [0.15, 0.2) is 12.2 Å². The molecule has 0 aliphatic heterocycles. The number of halogens is 3. The fraction of sp³-hybridized carbons (Fsp3) is 0.333. The van der Waals surface area contributed by atoms with Crippen molar-refractivity contribution in [2.24, 2.45) is 0 Å². The van der Waals surface area contributed by atoms with Crippen LogP contribution in [-0.2, 0) is 0 Å². The summed E-state index contributed by atoms with van der Waals surface area (Å²) < 4.78 is 34.7. The SMILES string of the molecule is CC(=[NH2+])/C=C\C(=N)C(F)(F)F. The van der Waals surface area contributed by atoms with Crippen LogP contribution in [-0.4, -0.2) is 17.6 Å². The van der Waals surface area contributed by atoms with E-state index in [0.29, 0.717) is 6.08 Å². The zero-order chi connectivity index (χ0) is 9.07. The molecule has 0 saturated carbocycles. The van der Waals surface area contributed by atoms with E-state index in [2.05, 4.69) is 0 Å². The predicted molar refractivity (Wildman–Crippen MR) is 35.5 cm³/mol. The Bertz CT molecular complexity index is 202. The molecule has 0 spiro atoms. The second-order valence-corrected chi connectivity index (χ2v) is 1.99. The van der Waals surface area contributed by atoms with Crippen LogP contribution in [0, 0.1) is 5.41 Å². The Morgan fingerprint density at radius 3 is 2.09 bits per heavy atom. The summed E-state index contributed by atoms with van der Waals surface area (Å²) in [4.78, 5) is 0. The highest BCUT2D eigenvalue weighted by Crippen LogP contribution is 2.16. The van der Waals surface area contributed by atoms with Crippen LogP contribution in [0.25, 0.3) is 0 Å². The first-order valence-electron chi connectivity index (χ1n) is 2.77. The van der Waals surface area contributed by atoms with E-state index in [1.807, 2.05) is 0 Å². The molecule has 0 amide bonds. The molecule has 0 fully saturated rings. The van der Waals surface area contributed by atoms with E-state index in [9.17, 15) is 13.2 Å². The van der Waals surface area contributed by atoms with Gasteiger partial charge in [0.15, 0.2) is 5.71 Å². The molecule has 0 heterocycles. The van der Waals surface area contributed by atoms with Crippen LogP contribution in [0.1, 0.15) is 6.92 Å². The van der Waals surface area contributed by atoms with Gasteiger partial charge in [-0.1, -0.05) is 0 Å². The average molecular weight is 165 g/mol. The highest BCUT2D eigenvalue weighted by Gasteiger charge is 2.32. The first kappa shape index (κ1) is 9.87. The largest absolute Gasteiger partial charge is 0.432 e. The van der Waals surface area contributed by atoms with Gasteiger partial charge in [0.1, 0.15) is 5.71 Å². The molecule has 2 nitrogen and oxygen atoms in total. The lowest BCUT2D eigenvalue weighted by atomic mass is 10.3. The second kappa shape index (κ2) is 3.32. The van der Waals surface area contributed by atoms with Crippen molar-refractivity contribution in [1.82, 2.24) is 0 Å². The van der Waals surface area contributed by atoms with Gasteiger partial charge in [-0.2, -0.15) is 13.2 Å². The van der Waals surface area contributed by atoms with Gasteiger partial charge in [0.25, 0.3) is 0 Å². The first-order chi connectivity index (χ1) is 4.84. The van der Waals surface area contributed by atoms with Crippen LogP contribution in [0.2, 0.25) is 0 Å². The summed E-state index contributed by atoms with van der Waals surface area (Å²) >= 11 is 0. The summed E-state index contributed by atoms with van der Waals surface area (Å²) in [6, 6.07) is 0. The molecule has 0 aliphatic carbocycles. The van der Waals surface area contributed by atoms with E-state index >= 15 is 0 Å². The van der Waals surface area contributed by atoms with Gasteiger partial charge in [-0.15, -0.1) is 0 Å². The van der Waals surface area contributed by atoms with Crippen LogP contribution in [0.5, 0.6) is 0 Å². The molecule has 0 bridgehead atoms. The van der Waals surface area contributed by atoms with E-state index in [1.165, 1.54) is 6.92 Å². The van der Waals surface area contributed by atoms with Crippen molar-refractivity contribution >= 4 is 11.4 Å². The molecule has 0 aliphatic rings. The molecule has 0 rings (SSSR count). The lowest BCUT2D eigenvalue weighted by Crippen LogP contribution is -2.36. The number of nitrogens with two attached hydrogens (primary N) is 1. The zero-order valence-corrected chi connectivity index (χ0v) is 5.87. The van der Waals surface area contributed by atoms with Crippen LogP contribution < -0.4 is 5.41 Å². The average Bonchev–Trinajstić information content (AvgIpc) is 1.80. The minimum absolute atomic E-state index is 0.235. The quantitative estimate of drug-likeness (QED) is 0.554. The lowest BCUT2D eigenvalue weighted by molar-refractivity contribution is -0.112. The van der Waals surface area contributed by atoms with Crippen molar-refractivity contribution in [2.75, 3.05) is 0 Å². The van der Waals surface area contributed by atoms with Crippen molar-refractivity contribution in [2.45, 2.75) is 13.1 Å². The molecule has 0 atom stereocenters. The van der Waals surface area contributed by atoms with Gasteiger partial charge in [-0.05, 0) is 6.08 Å². The molecular weight excluding hydrogens is 157 g/mol. The maximum Gasteiger partial charge on any atom is 0.432 e. The van der Waals surface area contributed by atoms with Gasteiger partial charge in [0.2, 0.25) is 0 Å². The number of allylic oxidation sites excluding steroid dienone is 2. The predicted octanol–water partition coefficient (Wildman–Crippen LogP) is 0.345.